The lowest BCUT2D eigenvalue weighted by Gasteiger charge is -2.16. The second-order valence-electron chi connectivity index (χ2n) is 5.64. The summed E-state index contributed by atoms with van der Waals surface area (Å²) in [4.78, 5) is 27.3. The van der Waals surface area contributed by atoms with Gasteiger partial charge in [-0.05, 0) is 12.0 Å². The number of aliphatic hydroxyl groups is 1. The predicted molar refractivity (Wildman–Crippen MR) is 94.0 cm³/mol. The van der Waals surface area contributed by atoms with E-state index in [0.29, 0.717) is 29.9 Å². The summed E-state index contributed by atoms with van der Waals surface area (Å²) in [7, 11) is 0. The number of carbonyl (C=O) groups excluding carboxylic acids is 1. The van der Waals surface area contributed by atoms with E-state index in [1.165, 1.54) is 6.33 Å². The van der Waals surface area contributed by atoms with E-state index >= 15 is 0 Å². The van der Waals surface area contributed by atoms with Crippen molar-refractivity contribution in [2.45, 2.75) is 18.9 Å². The first-order valence-corrected chi connectivity index (χ1v) is 8.08. The van der Waals surface area contributed by atoms with Crippen molar-refractivity contribution in [3.05, 3.63) is 48.5 Å². The zero-order chi connectivity index (χ0) is 17.5. The number of nitrogens with zero attached hydrogens (tertiary/aromatic N) is 3. The monoisotopic (exact) mass is 340 g/mol. The van der Waals surface area contributed by atoms with Crippen molar-refractivity contribution in [1.29, 1.82) is 0 Å². The van der Waals surface area contributed by atoms with Gasteiger partial charge in [0.15, 0.2) is 11.5 Å². The summed E-state index contributed by atoms with van der Waals surface area (Å²) in [5.74, 6) is 0.482. The van der Waals surface area contributed by atoms with Gasteiger partial charge in [-0.15, -0.1) is 0 Å². The highest BCUT2D eigenvalue weighted by atomic mass is 16.3. The Bertz CT molecular complexity index is 820. The summed E-state index contributed by atoms with van der Waals surface area (Å²) in [5, 5.41) is 15.4. The quantitative estimate of drug-likeness (QED) is 0.484. The SMILES string of the molecule is O=C(CCNc1ncnc2nc[nH]c12)N[C@@H](CO)Cc1ccccc1. The Morgan fingerprint density at radius 3 is 2.84 bits per heavy atom. The van der Waals surface area contributed by atoms with Crippen molar-refractivity contribution in [2.75, 3.05) is 18.5 Å². The van der Waals surface area contributed by atoms with Crippen LogP contribution in [0.2, 0.25) is 0 Å². The molecule has 0 bridgehead atoms. The first-order valence-electron chi connectivity index (χ1n) is 8.08. The largest absolute Gasteiger partial charge is 0.394 e. The van der Waals surface area contributed by atoms with Gasteiger partial charge in [-0.1, -0.05) is 30.3 Å². The molecule has 4 N–H and O–H groups in total. The van der Waals surface area contributed by atoms with Crippen LogP contribution in [0, 0.1) is 0 Å². The third kappa shape index (κ3) is 4.51. The topological polar surface area (TPSA) is 116 Å². The van der Waals surface area contributed by atoms with Gasteiger partial charge in [-0.25, -0.2) is 15.0 Å². The van der Waals surface area contributed by atoms with E-state index in [-0.39, 0.29) is 25.0 Å². The van der Waals surface area contributed by atoms with Crippen LogP contribution in [0.3, 0.4) is 0 Å². The number of amides is 1. The highest BCUT2D eigenvalue weighted by Crippen LogP contribution is 2.13. The van der Waals surface area contributed by atoms with Gasteiger partial charge < -0.3 is 20.7 Å². The van der Waals surface area contributed by atoms with Crippen LogP contribution in [-0.2, 0) is 11.2 Å². The standard InChI is InChI=1S/C17H20N6O2/c24-9-13(8-12-4-2-1-3-5-12)23-14(25)6-7-18-16-15-17(20-10-19-15)22-11-21-16/h1-5,10-11,13,24H,6-9H2,(H,23,25)(H2,18,19,20,21,22)/t13-/m1/s1. The fraction of sp³-hybridized carbons (Fsp3) is 0.294. The fourth-order valence-corrected chi connectivity index (χ4v) is 2.55. The molecule has 2 heterocycles. The number of rotatable bonds is 8. The van der Waals surface area contributed by atoms with Crippen molar-refractivity contribution in [3.63, 3.8) is 0 Å². The minimum absolute atomic E-state index is 0.102. The maximum absolute atomic E-state index is 12.1. The van der Waals surface area contributed by atoms with Gasteiger partial charge >= 0.3 is 0 Å². The van der Waals surface area contributed by atoms with Crippen LogP contribution >= 0.6 is 0 Å². The number of imidazole rings is 1. The minimum atomic E-state index is -0.298. The van der Waals surface area contributed by atoms with E-state index in [2.05, 4.69) is 30.6 Å². The van der Waals surface area contributed by atoms with E-state index < -0.39 is 0 Å². The van der Waals surface area contributed by atoms with E-state index in [9.17, 15) is 9.90 Å². The van der Waals surface area contributed by atoms with Crippen LogP contribution in [0.15, 0.2) is 43.0 Å². The molecule has 2 aromatic heterocycles. The molecule has 0 spiro atoms. The second-order valence-corrected chi connectivity index (χ2v) is 5.64. The summed E-state index contributed by atoms with van der Waals surface area (Å²) in [5.41, 5.74) is 2.35. The van der Waals surface area contributed by atoms with Crippen molar-refractivity contribution in [2.24, 2.45) is 0 Å². The molecule has 3 rings (SSSR count). The Labute approximate surface area is 144 Å². The number of fused-ring (bicyclic) bond motifs is 1. The van der Waals surface area contributed by atoms with Crippen molar-refractivity contribution < 1.29 is 9.90 Å². The van der Waals surface area contributed by atoms with Crippen LogP contribution in [0.1, 0.15) is 12.0 Å². The Morgan fingerprint density at radius 1 is 1.20 bits per heavy atom. The molecule has 0 unspecified atom stereocenters. The maximum atomic E-state index is 12.1. The molecule has 0 aliphatic carbocycles. The van der Waals surface area contributed by atoms with Crippen LogP contribution in [0.4, 0.5) is 5.82 Å². The lowest BCUT2D eigenvalue weighted by molar-refractivity contribution is -0.121. The van der Waals surface area contributed by atoms with Gasteiger partial charge in [0, 0.05) is 13.0 Å². The number of hydrogen-bond donors (Lipinski definition) is 4. The van der Waals surface area contributed by atoms with Crippen LogP contribution < -0.4 is 10.6 Å². The third-order valence-corrected chi connectivity index (χ3v) is 3.78. The number of anilines is 1. The Kier molecular flexibility index (Phi) is 5.53. The molecular formula is C17H20N6O2. The molecule has 1 amide bonds. The first-order chi connectivity index (χ1) is 12.3. The number of carbonyl (C=O) groups is 1. The molecule has 0 radical (unpaired) electrons. The maximum Gasteiger partial charge on any atom is 0.222 e. The molecule has 1 atom stereocenters. The summed E-state index contributed by atoms with van der Waals surface area (Å²) in [6, 6.07) is 9.46. The highest BCUT2D eigenvalue weighted by Gasteiger charge is 2.12. The van der Waals surface area contributed by atoms with Gasteiger partial charge in [-0.2, -0.15) is 0 Å². The number of benzene rings is 1. The number of aromatic amines is 1. The van der Waals surface area contributed by atoms with Crippen molar-refractivity contribution >= 4 is 22.9 Å². The molecule has 8 nitrogen and oxygen atoms in total. The van der Waals surface area contributed by atoms with E-state index in [0.717, 1.165) is 5.56 Å². The van der Waals surface area contributed by atoms with Gasteiger partial charge in [0.2, 0.25) is 5.91 Å². The number of hydrogen-bond acceptors (Lipinski definition) is 6. The molecular weight excluding hydrogens is 320 g/mol. The molecule has 0 aliphatic rings. The van der Waals surface area contributed by atoms with Crippen molar-refractivity contribution in [3.8, 4) is 0 Å². The molecule has 0 fully saturated rings. The lowest BCUT2D eigenvalue weighted by atomic mass is 10.1. The molecule has 25 heavy (non-hydrogen) atoms. The summed E-state index contributed by atoms with van der Waals surface area (Å²) in [6.45, 7) is 0.315. The zero-order valence-electron chi connectivity index (χ0n) is 13.6. The molecule has 1 aromatic carbocycles. The van der Waals surface area contributed by atoms with Crippen LogP contribution in [-0.4, -0.2) is 50.1 Å². The van der Waals surface area contributed by atoms with Gasteiger partial charge in [0.1, 0.15) is 11.8 Å². The van der Waals surface area contributed by atoms with Crippen LogP contribution in [0.5, 0.6) is 0 Å². The molecule has 130 valence electrons. The fourth-order valence-electron chi connectivity index (χ4n) is 2.55. The molecule has 0 aliphatic heterocycles. The average Bonchev–Trinajstić information content (AvgIpc) is 3.11. The lowest BCUT2D eigenvalue weighted by Crippen LogP contribution is -2.39. The van der Waals surface area contributed by atoms with Crippen LogP contribution in [0.25, 0.3) is 11.2 Å². The first kappa shape index (κ1) is 16.8. The predicted octanol–water partition coefficient (Wildman–Crippen LogP) is 0.875. The van der Waals surface area contributed by atoms with E-state index in [4.69, 9.17) is 0 Å². The van der Waals surface area contributed by atoms with E-state index in [1.807, 2.05) is 30.3 Å². The molecule has 8 heteroatoms. The molecule has 0 saturated carbocycles. The Balaban J connectivity index is 1.48. The van der Waals surface area contributed by atoms with Gasteiger partial charge in [-0.3, -0.25) is 4.79 Å². The highest BCUT2D eigenvalue weighted by molar-refractivity contribution is 5.82. The van der Waals surface area contributed by atoms with Crippen molar-refractivity contribution in [1.82, 2.24) is 25.3 Å². The minimum Gasteiger partial charge on any atom is -0.394 e. The average molecular weight is 340 g/mol. The van der Waals surface area contributed by atoms with Gasteiger partial charge in [0.25, 0.3) is 0 Å². The van der Waals surface area contributed by atoms with Gasteiger partial charge in [0.05, 0.1) is 19.0 Å². The molecule has 3 aromatic rings. The molecule has 0 saturated heterocycles. The zero-order valence-corrected chi connectivity index (χ0v) is 13.6. The summed E-state index contributed by atoms with van der Waals surface area (Å²) >= 11 is 0. The smallest absolute Gasteiger partial charge is 0.222 e. The number of nitrogens with one attached hydrogen (secondary N) is 3. The number of H-pyrrole nitrogens is 1. The third-order valence-electron chi connectivity index (χ3n) is 3.78. The summed E-state index contributed by atoms with van der Waals surface area (Å²) in [6.07, 6.45) is 3.84. The second kappa shape index (κ2) is 8.20. The normalized spacial score (nSPS) is 12.0. The van der Waals surface area contributed by atoms with E-state index in [1.54, 1.807) is 6.33 Å². The summed E-state index contributed by atoms with van der Waals surface area (Å²) < 4.78 is 0. The number of aliphatic hydroxyl groups excluding tert-OH is 1. The number of aromatic nitrogens is 4. The Morgan fingerprint density at radius 2 is 2.04 bits per heavy atom. The Hall–Kier alpha value is -3.00.